The second-order valence-electron chi connectivity index (χ2n) is 5.08. The molecular formula is C18H16N6. The topological polar surface area (TPSA) is 99.7 Å². The van der Waals surface area contributed by atoms with E-state index < -0.39 is 0 Å². The maximum atomic E-state index is 9.44. The van der Waals surface area contributed by atoms with Crippen molar-refractivity contribution in [3.8, 4) is 17.3 Å². The average molecular weight is 316 g/mol. The quantitative estimate of drug-likeness (QED) is 0.494. The second kappa shape index (κ2) is 7.22. The Morgan fingerprint density at radius 3 is 2.25 bits per heavy atom. The molecule has 0 saturated heterocycles. The SMILES string of the molecule is N#Cc1c(NN)nc(NCc2ccccc2)nc1-c1ccccc1. The summed E-state index contributed by atoms with van der Waals surface area (Å²) in [6.07, 6.45) is 0. The molecule has 3 aromatic rings. The number of nitrogens with two attached hydrogens (primary N) is 1. The van der Waals surface area contributed by atoms with E-state index in [1.165, 1.54) is 0 Å². The molecule has 0 radical (unpaired) electrons. The molecule has 0 aliphatic heterocycles. The molecule has 2 aromatic carbocycles. The van der Waals surface area contributed by atoms with E-state index in [2.05, 4.69) is 26.8 Å². The zero-order chi connectivity index (χ0) is 16.8. The van der Waals surface area contributed by atoms with Gasteiger partial charge in [-0.2, -0.15) is 10.2 Å². The molecule has 24 heavy (non-hydrogen) atoms. The maximum absolute atomic E-state index is 9.44. The fraction of sp³-hybridized carbons (Fsp3) is 0.0556. The smallest absolute Gasteiger partial charge is 0.225 e. The van der Waals surface area contributed by atoms with Crippen molar-refractivity contribution in [1.29, 1.82) is 5.26 Å². The van der Waals surface area contributed by atoms with Crippen molar-refractivity contribution in [2.24, 2.45) is 5.84 Å². The summed E-state index contributed by atoms with van der Waals surface area (Å²) in [6, 6.07) is 21.5. The van der Waals surface area contributed by atoms with Gasteiger partial charge in [-0.15, -0.1) is 0 Å². The number of anilines is 2. The van der Waals surface area contributed by atoms with Crippen molar-refractivity contribution in [3.05, 3.63) is 71.8 Å². The molecule has 0 fully saturated rings. The second-order valence-corrected chi connectivity index (χ2v) is 5.08. The Bertz CT molecular complexity index is 856. The van der Waals surface area contributed by atoms with Crippen molar-refractivity contribution in [2.45, 2.75) is 6.54 Å². The summed E-state index contributed by atoms with van der Waals surface area (Å²) < 4.78 is 0. The molecule has 0 spiro atoms. The molecule has 3 rings (SSSR count). The first-order valence-electron chi connectivity index (χ1n) is 7.44. The van der Waals surface area contributed by atoms with E-state index in [9.17, 15) is 5.26 Å². The number of hydrogen-bond donors (Lipinski definition) is 3. The number of nitrogen functional groups attached to an aromatic ring is 1. The molecule has 0 aliphatic rings. The summed E-state index contributed by atoms with van der Waals surface area (Å²) in [7, 11) is 0. The highest BCUT2D eigenvalue weighted by molar-refractivity contribution is 5.74. The van der Waals surface area contributed by atoms with Crippen LogP contribution in [-0.2, 0) is 6.54 Å². The van der Waals surface area contributed by atoms with Gasteiger partial charge in [0.25, 0.3) is 0 Å². The van der Waals surface area contributed by atoms with Gasteiger partial charge in [0.1, 0.15) is 11.6 Å². The van der Waals surface area contributed by atoms with Crippen LogP contribution in [0.2, 0.25) is 0 Å². The molecular weight excluding hydrogens is 300 g/mol. The van der Waals surface area contributed by atoms with Crippen LogP contribution in [0.3, 0.4) is 0 Å². The third kappa shape index (κ3) is 3.32. The highest BCUT2D eigenvalue weighted by Gasteiger charge is 2.15. The van der Waals surface area contributed by atoms with E-state index in [4.69, 9.17) is 5.84 Å². The van der Waals surface area contributed by atoms with Crippen molar-refractivity contribution < 1.29 is 0 Å². The Kier molecular flexibility index (Phi) is 4.65. The van der Waals surface area contributed by atoms with Crippen molar-refractivity contribution >= 4 is 11.8 Å². The number of aromatic nitrogens is 2. The molecule has 0 aliphatic carbocycles. The summed E-state index contributed by atoms with van der Waals surface area (Å²) in [5.41, 5.74) is 5.27. The standard InChI is InChI=1S/C18H16N6/c19-11-15-16(14-9-5-2-6-10-14)22-18(23-17(15)24-20)21-12-13-7-3-1-4-8-13/h1-10H,12,20H2,(H2,21,22,23,24). The van der Waals surface area contributed by atoms with Crippen molar-refractivity contribution in [3.63, 3.8) is 0 Å². The fourth-order valence-corrected chi connectivity index (χ4v) is 2.33. The third-order valence-corrected chi connectivity index (χ3v) is 3.50. The molecule has 0 unspecified atom stereocenters. The van der Waals surface area contributed by atoms with Gasteiger partial charge in [-0.25, -0.2) is 10.8 Å². The van der Waals surface area contributed by atoms with Gasteiger partial charge in [-0.05, 0) is 5.56 Å². The zero-order valence-electron chi connectivity index (χ0n) is 12.9. The van der Waals surface area contributed by atoms with Crippen LogP contribution in [0.1, 0.15) is 11.1 Å². The minimum atomic E-state index is 0.293. The number of nitrogens with one attached hydrogen (secondary N) is 2. The van der Waals surface area contributed by atoms with Gasteiger partial charge < -0.3 is 10.7 Å². The minimum absolute atomic E-state index is 0.293. The van der Waals surface area contributed by atoms with E-state index in [-0.39, 0.29) is 0 Å². The molecule has 4 N–H and O–H groups in total. The van der Waals surface area contributed by atoms with E-state index in [1.54, 1.807) is 0 Å². The van der Waals surface area contributed by atoms with Crippen LogP contribution in [0, 0.1) is 11.3 Å². The van der Waals surface area contributed by atoms with Gasteiger partial charge in [-0.1, -0.05) is 60.7 Å². The van der Waals surface area contributed by atoms with Gasteiger partial charge in [-0.3, -0.25) is 0 Å². The summed E-state index contributed by atoms with van der Waals surface area (Å²) in [5, 5.41) is 12.6. The van der Waals surface area contributed by atoms with Crippen LogP contribution in [0.4, 0.5) is 11.8 Å². The monoisotopic (exact) mass is 316 g/mol. The largest absolute Gasteiger partial charge is 0.350 e. The molecule has 6 heteroatoms. The summed E-state index contributed by atoms with van der Waals surface area (Å²) in [4.78, 5) is 8.78. The Labute approximate surface area is 140 Å². The Hall–Kier alpha value is -3.43. The van der Waals surface area contributed by atoms with Gasteiger partial charge in [0, 0.05) is 12.1 Å². The lowest BCUT2D eigenvalue weighted by molar-refractivity contribution is 1.05. The first-order valence-corrected chi connectivity index (χ1v) is 7.44. The summed E-state index contributed by atoms with van der Waals surface area (Å²) in [6.45, 7) is 0.574. The van der Waals surface area contributed by atoms with E-state index >= 15 is 0 Å². The first kappa shape index (κ1) is 15.5. The highest BCUT2D eigenvalue weighted by atomic mass is 15.3. The van der Waals surface area contributed by atoms with Gasteiger partial charge in [0.05, 0.1) is 5.69 Å². The van der Waals surface area contributed by atoms with Gasteiger partial charge >= 0.3 is 0 Å². The number of rotatable bonds is 5. The molecule has 1 heterocycles. The molecule has 118 valence electrons. The normalized spacial score (nSPS) is 10.0. The first-order chi connectivity index (χ1) is 11.8. The molecule has 0 saturated carbocycles. The lowest BCUT2D eigenvalue weighted by Crippen LogP contribution is -2.14. The van der Waals surface area contributed by atoms with Gasteiger partial charge in [0.15, 0.2) is 5.82 Å². The van der Waals surface area contributed by atoms with E-state index in [1.807, 2.05) is 60.7 Å². The number of benzene rings is 2. The fourth-order valence-electron chi connectivity index (χ4n) is 2.33. The average Bonchev–Trinajstić information content (AvgIpc) is 2.67. The van der Waals surface area contributed by atoms with Crippen LogP contribution in [-0.4, -0.2) is 9.97 Å². The molecule has 6 nitrogen and oxygen atoms in total. The van der Waals surface area contributed by atoms with E-state index in [0.29, 0.717) is 29.6 Å². The molecule has 0 bridgehead atoms. The minimum Gasteiger partial charge on any atom is -0.350 e. The van der Waals surface area contributed by atoms with E-state index in [0.717, 1.165) is 11.1 Å². The summed E-state index contributed by atoms with van der Waals surface area (Å²) in [5.74, 6) is 6.23. The number of hydrazine groups is 1. The van der Waals surface area contributed by atoms with Crippen LogP contribution in [0.25, 0.3) is 11.3 Å². The third-order valence-electron chi connectivity index (χ3n) is 3.50. The number of hydrogen-bond acceptors (Lipinski definition) is 6. The van der Waals surface area contributed by atoms with Crippen molar-refractivity contribution in [2.75, 3.05) is 10.7 Å². The van der Waals surface area contributed by atoms with Gasteiger partial charge in [0.2, 0.25) is 5.95 Å². The Balaban J connectivity index is 1.97. The van der Waals surface area contributed by atoms with Crippen molar-refractivity contribution in [1.82, 2.24) is 9.97 Å². The predicted octanol–water partition coefficient (Wildman–Crippen LogP) is 2.91. The van der Waals surface area contributed by atoms with Crippen LogP contribution in [0.15, 0.2) is 60.7 Å². The predicted molar refractivity (Wildman–Crippen MR) is 93.8 cm³/mol. The number of nitrogens with zero attached hydrogens (tertiary/aromatic N) is 3. The Morgan fingerprint density at radius 2 is 1.62 bits per heavy atom. The lowest BCUT2D eigenvalue weighted by atomic mass is 10.1. The molecule has 1 aromatic heterocycles. The van der Waals surface area contributed by atoms with Crippen LogP contribution < -0.4 is 16.6 Å². The number of nitriles is 1. The maximum Gasteiger partial charge on any atom is 0.225 e. The van der Waals surface area contributed by atoms with Crippen LogP contribution >= 0.6 is 0 Å². The highest BCUT2D eigenvalue weighted by Crippen LogP contribution is 2.26. The lowest BCUT2D eigenvalue weighted by Gasteiger charge is -2.12. The zero-order valence-corrected chi connectivity index (χ0v) is 12.9. The molecule has 0 amide bonds. The summed E-state index contributed by atoms with van der Waals surface area (Å²) >= 11 is 0. The molecule has 0 atom stereocenters. The van der Waals surface area contributed by atoms with Crippen LogP contribution in [0.5, 0.6) is 0 Å². The Morgan fingerprint density at radius 1 is 0.958 bits per heavy atom.